The second kappa shape index (κ2) is 10.4. The van der Waals surface area contributed by atoms with Gasteiger partial charge in [0.15, 0.2) is 5.69 Å². The van der Waals surface area contributed by atoms with Crippen LogP contribution in [0.15, 0.2) is 52.8 Å². The lowest BCUT2D eigenvalue weighted by atomic mass is 10.0. The Bertz CT molecular complexity index is 949. The number of carbonyl (C=O) groups is 2. The Morgan fingerprint density at radius 3 is 2.72 bits per heavy atom. The smallest absolute Gasteiger partial charge is 0.313 e. The number of carboxylic acids is 1. The van der Waals surface area contributed by atoms with Gasteiger partial charge in [-0.15, -0.1) is 5.10 Å². The Morgan fingerprint density at radius 2 is 2.03 bits per heavy atom. The fraction of sp³-hybridized carbons (Fsp3) is 0.167. The van der Waals surface area contributed by atoms with Crippen LogP contribution in [0, 0.1) is 0 Å². The predicted molar refractivity (Wildman–Crippen MR) is 108 cm³/mol. The van der Waals surface area contributed by atoms with Gasteiger partial charge in [-0.05, 0) is 18.2 Å². The van der Waals surface area contributed by atoms with E-state index >= 15 is 0 Å². The van der Waals surface area contributed by atoms with E-state index in [9.17, 15) is 14.8 Å². The van der Waals surface area contributed by atoms with Gasteiger partial charge in [-0.25, -0.2) is 5.21 Å². The third kappa shape index (κ3) is 6.19. The molecule has 1 aromatic carbocycles. The highest BCUT2D eigenvalue weighted by Gasteiger charge is 2.19. The second-order valence-corrected chi connectivity index (χ2v) is 6.92. The number of hydrogen-bond acceptors (Lipinski definition) is 7. The van der Waals surface area contributed by atoms with E-state index in [1.807, 2.05) is 12.1 Å². The number of benzene rings is 1. The molecule has 1 aromatic heterocycles. The van der Waals surface area contributed by atoms with Gasteiger partial charge in [-0.3, -0.25) is 14.6 Å². The molecule has 0 fully saturated rings. The van der Waals surface area contributed by atoms with E-state index in [1.165, 1.54) is 0 Å². The van der Waals surface area contributed by atoms with Gasteiger partial charge in [0.05, 0.1) is 23.7 Å². The number of carboxylic acid groups (broad SMARTS) is 1. The Hall–Kier alpha value is -3.12. The van der Waals surface area contributed by atoms with Gasteiger partial charge in [0, 0.05) is 35.9 Å². The van der Waals surface area contributed by atoms with Crippen molar-refractivity contribution in [2.24, 2.45) is 10.2 Å². The number of aliphatic carboxylic acids is 1. The van der Waals surface area contributed by atoms with E-state index in [1.54, 1.807) is 30.5 Å². The lowest BCUT2D eigenvalue weighted by Gasteiger charge is -2.08. The average Bonchev–Trinajstić information content (AvgIpc) is 3.20. The van der Waals surface area contributed by atoms with Crippen LogP contribution >= 0.6 is 11.8 Å². The Morgan fingerprint density at radius 1 is 1.21 bits per heavy atom. The summed E-state index contributed by atoms with van der Waals surface area (Å²) in [6.45, 7) is 0.280. The summed E-state index contributed by atoms with van der Waals surface area (Å²) in [6.07, 6.45) is 2.03. The molecule has 1 aliphatic rings. The molecule has 0 unspecified atom stereocenters. The molecular weight excluding hydrogens is 398 g/mol. The summed E-state index contributed by atoms with van der Waals surface area (Å²) in [5.74, 6) is -1.33. The summed E-state index contributed by atoms with van der Waals surface area (Å²) in [6, 6.07) is 10.4. The largest absolute Gasteiger partial charge is 0.481 e. The monoisotopic (exact) mass is 418 g/mol. The van der Waals surface area contributed by atoms with Crippen molar-refractivity contribution < 1.29 is 30.9 Å². The Labute approximate surface area is 170 Å². The fourth-order valence-electron chi connectivity index (χ4n) is 2.51. The van der Waals surface area contributed by atoms with Gasteiger partial charge in [-0.1, -0.05) is 17.8 Å². The zero-order chi connectivity index (χ0) is 19.9. The third-order valence-corrected chi connectivity index (χ3v) is 4.77. The second-order valence-electron chi connectivity index (χ2n) is 5.88. The molecule has 1 aliphatic heterocycles. The summed E-state index contributed by atoms with van der Waals surface area (Å²) in [5.41, 5.74) is 3.71. The van der Waals surface area contributed by atoms with Gasteiger partial charge in [-0.2, -0.15) is 10.6 Å². The molecule has 3 rings (SSSR count). The number of aromatic nitrogens is 1. The van der Waals surface area contributed by atoms with Crippen molar-refractivity contribution in [3.63, 3.8) is 0 Å². The first-order valence-corrected chi connectivity index (χ1v) is 9.32. The van der Waals surface area contributed by atoms with Crippen LogP contribution in [0.3, 0.4) is 0 Å². The van der Waals surface area contributed by atoms with E-state index in [0.29, 0.717) is 34.0 Å². The molecule has 29 heavy (non-hydrogen) atoms. The first-order chi connectivity index (χ1) is 13.5. The van der Waals surface area contributed by atoms with E-state index < -0.39 is 5.97 Å². The maximum absolute atomic E-state index is 12.5. The topological polar surface area (TPSA) is 172 Å². The van der Waals surface area contributed by atoms with Crippen LogP contribution in [0.5, 0.6) is 0 Å². The average molecular weight is 418 g/mol. The number of amides is 1. The van der Waals surface area contributed by atoms with Crippen LogP contribution in [0.1, 0.15) is 28.0 Å². The van der Waals surface area contributed by atoms with Crippen LogP contribution in [-0.4, -0.2) is 49.2 Å². The molecule has 0 bridgehead atoms. The predicted octanol–water partition coefficient (Wildman–Crippen LogP) is 0.0951. The molecule has 0 saturated heterocycles. The molecule has 152 valence electrons. The number of rotatable bonds is 7. The molecule has 2 aromatic rings. The number of pyridine rings is 1. The highest BCUT2D eigenvalue weighted by atomic mass is 32.2. The molecule has 1 amide bonds. The number of quaternary nitrogens is 1. The minimum Gasteiger partial charge on any atom is -0.481 e. The third-order valence-electron chi connectivity index (χ3n) is 3.82. The molecule has 10 nitrogen and oxygen atoms in total. The van der Waals surface area contributed by atoms with Crippen molar-refractivity contribution in [3.8, 4) is 0 Å². The molecule has 0 saturated carbocycles. The van der Waals surface area contributed by atoms with Crippen LogP contribution < -0.4 is 10.8 Å². The number of nitrogens with two attached hydrogens (primary N) is 1. The van der Waals surface area contributed by atoms with Gasteiger partial charge in [0.2, 0.25) is 0 Å². The molecular formula is C18H20N5O5S+. The number of nitrogens with one attached hydrogen (secondary N) is 1. The lowest BCUT2D eigenvalue weighted by molar-refractivity contribution is -0.825. The molecule has 0 spiro atoms. The number of nitrogens with zero attached hydrogens (tertiary/aromatic N) is 3. The minimum atomic E-state index is -0.926. The quantitative estimate of drug-likeness (QED) is 0.366. The molecule has 11 heteroatoms. The summed E-state index contributed by atoms with van der Waals surface area (Å²) >= 11 is 1.11. The summed E-state index contributed by atoms with van der Waals surface area (Å²) in [4.78, 5) is 27.4. The molecule has 0 aliphatic carbocycles. The van der Waals surface area contributed by atoms with E-state index in [4.69, 9.17) is 5.11 Å². The Balaban J connectivity index is 0.00000300. The highest BCUT2D eigenvalue weighted by Crippen LogP contribution is 2.21. The van der Waals surface area contributed by atoms with Crippen molar-refractivity contribution >= 4 is 40.1 Å². The van der Waals surface area contributed by atoms with Crippen LogP contribution in [0.4, 0.5) is 5.69 Å². The van der Waals surface area contributed by atoms with Crippen molar-refractivity contribution in [3.05, 3.63) is 59.4 Å². The molecule has 0 radical (unpaired) electrons. The van der Waals surface area contributed by atoms with Crippen molar-refractivity contribution in [2.45, 2.75) is 13.0 Å². The van der Waals surface area contributed by atoms with Crippen LogP contribution in [0.25, 0.3) is 0 Å². The minimum absolute atomic E-state index is 0. The van der Waals surface area contributed by atoms with E-state index in [2.05, 4.69) is 20.5 Å². The van der Waals surface area contributed by atoms with Gasteiger partial charge < -0.3 is 15.9 Å². The van der Waals surface area contributed by atoms with Crippen LogP contribution in [0.2, 0.25) is 0 Å². The zero-order valence-corrected chi connectivity index (χ0v) is 16.0. The van der Waals surface area contributed by atoms with Crippen molar-refractivity contribution in [1.29, 1.82) is 0 Å². The first-order valence-electron chi connectivity index (χ1n) is 8.34. The first kappa shape index (κ1) is 22.2. The summed E-state index contributed by atoms with van der Waals surface area (Å²) < 4.78 is 0. The Kier molecular flexibility index (Phi) is 7.98. The summed E-state index contributed by atoms with van der Waals surface area (Å²) in [7, 11) is 0. The fourth-order valence-corrected chi connectivity index (χ4v) is 3.14. The van der Waals surface area contributed by atoms with E-state index in [-0.39, 0.29) is 23.7 Å². The zero-order valence-electron chi connectivity index (χ0n) is 15.2. The molecule has 2 heterocycles. The number of thioether (sulfide) groups is 1. The van der Waals surface area contributed by atoms with Gasteiger partial charge >= 0.3 is 5.97 Å². The standard InChI is InChI=1S/C18H17N5O4S.H2O/c24-17(25)10-28-16-8-15(21-22-16)11-5-12(7-14(6-11)23-27)18(26)20-9-13-3-1-2-4-19-13;/h1-7,23,27H,8-10H2,(H,20,26)(H,24,25);1H2/p+1. The van der Waals surface area contributed by atoms with Crippen molar-refractivity contribution in [2.75, 3.05) is 5.75 Å². The molecule has 7 N–H and O–H groups in total. The normalized spacial score (nSPS) is 12.6. The maximum Gasteiger partial charge on any atom is 0.313 e. The number of hydrogen-bond donors (Lipinski definition) is 4. The van der Waals surface area contributed by atoms with E-state index in [0.717, 1.165) is 22.9 Å². The maximum atomic E-state index is 12.5. The summed E-state index contributed by atoms with van der Waals surface area (Å²) in [5, 5.41) is 29.6. The van der Waals surface area contributed by atoms with Crippen molar-refractivity contribution in [1.82, 2.24) is 10.3 Å². The van der Waals surface area contributed by atoms with Gasteiger partial charge in [0.25, 0.3) is 5.91 Å². The highest BCUT2D eigenvalue weighted by molar-refractivity contribution is 8.14. The number of carbonyl (C=O) groups excluding carboxylic acids is 1. The van der Waals surface area contributed by atoms with Gasteiger partial charge in [0.1, 0.15) is 5.04 Å². The SMILES string of the molecule is O.O=C(O)CSC1=NN=C(c2cc([NH2+]O)cc(C(=O)NCc3ccccn3)c2)C1. The molecule has 0 atom stereocenters. The van der Waals surface area contributed by atoms with Crippen LogP contribution in [-0.2, 0) is 11.3 Å². The lowest BCUT2D eigenvalue weighted by Crippen LogP contribution is -2.73.